The number of esters is 1. The number of benzene rings is 2. The van der Waals surface area contributed by atoms with Crippen LogP contribution in [0.15, 0.2) is 35.3 Å². The zero-order valence-electron chi connectivity index (χ0n) is 16.7. The van der Waals surface area contributed by atoms with Crippen molar-refractivity contribution in [2.45, 2.75) is 26.8 Å². The smallest absolute Gasteiger partial charge is 0.326 e. The Morgan fingerprint density at radius 2 is 1.97 bits per heavy atom. The summed E-state index contributed by atoms with van der Waals surface area (Å²) in [6.07, 6.45) is 0.00926. The number of fused-ring (bicyclic) bond motifs is 1. The highest BCUT2D eigenvalue weighted by Crippen LogP contribution is 2.23. The molecule has 0 bridgehead atoms. The SMILES string of the molecule is CCOC(=O)Cn1c(=NC(=O)Cc2ccc(OC)c(C)c2)sc2cc(F)cc(F)c21. The van der Waals surface area contributed by atoms with Crippen molar-refractivity contribution in [1.82, 2.24) is 4.57 Å². The Labute approximate surface area is 175 Å². The molecule has 0 unspecified atom stereocenters. The minimum absolute atomic E-state index is 0.00120. The predicted molar refractivity (Wildman–Crippen MR) is 108 cm³/mol. The molecular formula is C21H20F2N2O4S. The number of thiazole rings is 1. The summed E-state index contributed by atoms with van der Waals surface area (Å²) >= 11 is 0.928. The van der Waals surface area contributed by atoms with E-state index in [9.17, 15) is 18.4 Å². The minimum atomic E-state index is -0.842. The van der Waals surface area contributed by atoms with Crippen LogP contribution in [0.1, 0.15) is 18.1 Å². The molecule has 1 amide bonds. The van der Waals surface area contributed by atoms with Gasteiger partial charge in [0, 0.05) is 6.07 Å². The Morgan fingerprint density at radius 1 is 1.20 bits per heavy atom. The number of aromatic nitrogens is 1. The lowest BCUT2D eigenvalue weighted by atomic mass is 10.1. The molecule has 6 nitrogen and oxygen atoms in total. The van der Waals surface area contributed by atoms with Gasteiger partial charge >= 0.3 is 5.97 Å². The van der Waals surface area contributed by atoms with Gasteiger partial charge in [0.15, 0.2) is 10.6 Å². The largest absolute Gasteiger partial charge is 0.496 e. The maximum Gasteiger partial charge on any atom is 0.326 e. The quantitative estimate of drug-likeness (QED) is 0.557. The minimum Gasteiger partial charge on any atom is -0.496 e. The van der Waals surface area contributed by atoms with Gasteiger partial charge in [-0.1, -0.05) is 23.5 Å². The van der Waals surface area contributed by atoms with Crippen LogP contribution in [0.5, 0.6) is 5.75 Å². The van der Waals surface area contributed by atoms with E-state index in [1.165, 1.54) is 4.57 Å². The molecule has 158 valence electrons. The molecule has 0 N–H and O–H groups in total. The summed E-state index contributed by atoms with van der Waals surface area (Å²) in [6, 6.07) is 7.20. The van der Waals surface area contributed by atoms with Gasteiger partial charge in [-0.05, 0) is 37.1 Å². The maximum absolute atomic E-state index is 14.4. The van der Waals surface area contributed by atoms with Crippen LogP contribution in [0.3, 0.4) is 0 Å². The highest BCUT2D eigenvalue weighted by Gasteiger charge is 2.17. The number of nitrogens with zero attached hydrogens (tertiary/aromatic N) is 2. The number of aryl methyl sites for hydroxylation is 1. The number of ether oxygens (including phenoxy) is 2. The van der Waals surface area contributed by atoms with Crippen molar-refractivity contribution in [2.24, 2.45) is 4.99 Å². The van der Waals surface area contributed by atoms with Gasteiger partial charge in [0.25, 0.3) is 5.91 Å². The van der Waals surface area contributed by atoms with Gasteiger partial charge in [-0.25, -0.2) is 8.78 Å². The van der Waals surface area contributed by atoms with E-state index in [0.717, 1.165) is 34.6 Å². The topological polar surface area (TPSA) is 69.9 Å². The van der Waals surface area contributed by atoms with Crippen LogP contribution in [0.25, 0.3) is 10.2 Å². The molecule has 2 aromatic carbocycles. The van der Waals surface area contributed by atoms with E-state index in [1.54, 1.807) is 26.2 Å². The predicted octanol–water partition coefficient (Wildman–Crippen LogP) is 3.53. The number of rotatable bonds is 6. The first-order valence-corrected chi connectivity index (χ1v) is 9.99. The van der Waals surface area contributed by atoms with E-state index in [2.05, 4.69) is 4.99 Å². The number of halogens is 2. The first kappa shape index (κ1) is 21.6. The van der Waals surface area contributed by atoms with Crippen molar-refractivity contribution in [3.63, 3.8) is 0 Å². The van der Waals surface area contributed by atoms with Gasteiger partial charge < -0.3 is 14.0 Å². The fourth-order valence-corrected chi connectivity index (χ4v) is 4.15. The Hall–Kier alpha value is -3.07. The van der Waals surface area contributed by atoms with E-state index in [1.807, 2.05) is 13.0 Å². The summed E-state index contributed by atoms with van der Waals surface area (Å²) < 4.78 is 39.7. The Morgan fingerprint density at radius 3 is 2.63 bits per heavy atom. The van der Waals surface area contributed by atoms with Gasteiger partial charge in [0.1, 0.15) is 18.1 Å². The van der Waals surface area contributed by atoms with Crippen molar-refractivity contribution in [3.05, 3.63) is 57.9 Å². The van der Waals surface area contributed by atoms with Gasteiger partial charge in [-0.15, -0.1) is 0 Å². The molecule has 0 saturated carbocycles. The summed E-state index contributed by atoms with van der Waals surface area (Å²) in [5, 5.41) is 0. The molecule has 0 aliphatic rings. The zero-order chi connectivity index (χ0) is 21.8. The molecule has 0 saturated heterocycles. The molecule has 3 aromatic rings. The Balaban J connectivity index is 2.01. The van der Waals surface area contributed by atoms with E-state index in [-0.39, 0.29) is 34.6 Å². The molecule has 1 heterocycles. The van der Waals surface area contributed by atoms with Crippen molar-refractivity contribution in [2.75, 3.05) is 13.7 Å². The lowest BCUT2D eigenvalue weighted by Crippen LogP contribution is -2.23. The third-order valence-electron chi connectivity index (χ3n) is 4.32. The number of amides is 1. The van der Waals surface area contributed by atoms with Crippen molar-refractivity contribution >= 4 is 33.4 Å². The van der Waals surface area contributed by atoms with E-state index >= 15 is 0 Å². The van der Waals surface area contributed by atoms with Crippen LogP contribution >= 0.6 is 11.3 Å². The van der Waals surface area contributed by atoms with Crippen LogP contribution in [0, 0.1) is 18.6 Å². The van der Waals surface area contributed by atoms with E-state index < -0.39 is 23.5 Å². The summed E-state index contributed by atoms with van der Waals surface area (Å²) in [6.45, 7) is 3.32. The molecule has 1 aromatic heterocycles. The fourth-order valence-electron chi connectivity index (χ4n) is 3.07. The molecule has 3 rings (SSSR count). The van der Waals surface area contributed by atoms with Gasteiger partial charge in [-0.3, -0.25) is 9.59 Å². The molecule has 0 spiro atoms. The second-order valence-electron chi connectivity index (χ2n) is 6.50. The zero-order valence-corrected chi connectivity index (χ0v) is 17.5. The normalized spacial score (nSPS) is 11.7. The van der Waals surface area contributed by atoms with Crippen LogP contribution in [-0.2, 0) is 27.3 Å². The van der Waals surface area contributed by atoms with Gasteiger partial charge in [0.05, 0.1) is 30.4 Å². The van der Waals surface area contributed by atoms with E-state index in [4.69, 9.17) is 9.47 Å². The molecule has 0 fully saturated rings. The standard InChI is InChI=1S/C21H20F2N2O4S/c1-4-29-19(27)11-25-20-15(23)9-14(22)10-17(20)30-21(25)24-18(26)8-13-5-6-16(28-3)12(2)7-13/h5-7,9-10H,4,8,11H2,1-3H3. The molecule has 0 aliphatic heterocycles. The summed E-state index contributed by atoms with van der Waals surface area (Å²) in [7, 11) is 1.56. The van der Waals surface area contributed by atoms with Gasteiger partial charge in [0.2, 0.25) is 0 Å². The number of carbonyl (C=O) groups excluding carboxylic acids is 2. The van der Waals surface area contributed by atoms with Crippen molar-refractivity contribution < 1.29 is 27.8 Å². The van der Waals surface area contributed by atoms with E-state index in [0.29, 0.717) is 5.75 Å². The summed E-state index contributed by atoms with van der Waals surface area (Å²) in [4.78, 5) is 28.7. The summed E-state index contributed by atoms with van der Waals surface area (Å²) in [5.74, 6) is -1.98. The van der Waals surface area contributed by atoms with Crippen LogP contribution in [0.2, 0.25) is 0 Å². The lowest BCUT2D eigenvalue weighted by molar-refractivity contribution is -0.143. The average Bonchev–Trinajstić information content (AvgIpc) is 2.98. The molecule has 9 heteroatoms. The second kappa shape index (κ2) is 9.17. The van der Waals surface area contributed by atoms with Gasteiger partial charge in [-0.2, -0.15) is 4.99 Å². The fraction of sp³-hybridized carbons (Fsp3) is 0.286. The van der Waals surface area contributed by atoms with Crippen molar-refractivity contribution in [1.29, 1.82) is 0 Å². The number of hydrogen-bond acceptors (Lipinski definition) is 5. The maximum atomic E-state index is 14.4. The Kier molecular flexibility index (Phi) is 6.61. The molecule has 30 heavy (non-hydrogen) atoms. The first-order chi connectivity index (χ1) is 14.3. The summed E-state index contributed by atoms with van der Waals surface area (Å²) in [5.41, 5.74) is 1.61. The van der Waals surface area contributed by atoms with Crippen LogP contribution in [-0.4, -0.2) is 30.2 Å². The third kappa shape index (κ3) is 4.73. The monoisotopic (exact) mass is 434 g/mol. The third-order valence-corrected chi connectivity index (χ3v) is 5.35. The highest BCUT2D eigenvalue weighted by molar-refractivity contribution is 7.16. The molecule has 0 atom stereocenters. The lowest BCUT2D eigenvalue weighted by Gasteiger charge is -2.07. The first-order valence-electron chi connectivity index (χ1n) is 9.17. The Bertz CT molecular complexity index is 1180. The number of carbonyl (C=O) groups is 2. The average molecular weight is 434 g/mol. The molecule has 0 radical (unpaired) electrons. The highest BCUT2D eigenvalue weighted by atomic mass is 32.1. The van der Waals surface area contributed by atoms with Crippen LogP contribution < -0.4 is 9.54 Å². The number of hydrogen-bond donors (Lipinski definition) is 0. The number of methoxy groups -OCH3 is 1. The molecule has 0 aliphatic carbocycles. The molecular weight excluding hydrogens is 414 g/mol. The second-order valence-corrected chi connectivity index (χ2v) is 7.51. The van der Waals surface area contributed by atoms with Crippen molar-refractivity contribution in [3.8, 4) is 5.75 Å². The van der Waals surface area contributed by atoms with Crippen LogP contribution in [0.4, 0.5) is 8.78 Å².